The zero-order chi connectivity index (χ0) is 20.1. The fraction of sp³-hybridized carbons (Fsp3) is 0.286. The predicted molar refractivity (Wildman–Crippen MR) is 110 cm³/mol. The van der Waals surface area contributed by atoms with Crippen molar-refractivity contribution >= 4 is 28.5 Å². The first-order valence-corrected chi connectivity index (χ1v) is 9.65. The number of carbonyl (C=O) groups excluding carboxylic acids is 2. The van der Waals surface area contributed by atoms with Crippen molar-refractivity contribution in [1.82, 2.24) is 25.2 Å². The van der Waals surface area contributed by atoms with E-state index in [0.29, 0.717) is 31.9 Å². The first kappa shape index (κ1) is 18.8. The molecular formula is C21H22N6O2. The molecule has 1 saturated heterocycles. The van der Waals surface area contributed by atoms with E-state index in [-0.39, 0.29) is 18.4 Å². The third-order valence-corrected chi connectivity index (χ3v) is 4.82. The minimum Gasteiger partial charge on any atom is -0.368 e. The van der Waals surface area contributed by atoms with E-state index in [4.69, 9.17) is 4.98 Å². The molecule has 3 aromatic rings. The minimum absolute atomic E-state index is 0.0503. The minimum atomic E-state index is -0.146. The standard InChI is InChI=1S/C21H22N6O2/c28-19(14-27-12-2-4-20(27)29)24-10-11-25-21-16-3-1-7-23-18(16)13-17(26-21)15-5-8-22-9-6-15/h1,3,5-9,13H,2,4,10-12,14H2,(H,24,28)(H,25,26). The molecule has 0 radical (unpaired) electrons. The highest BCUT2D eigenvalue weighted by atomic mass is 16.2. The lowest BCUT2D eigenvalue weighted by Crippen LogP contribution is -2.39. The van der Waals surface area contributed by atoms with E-state index in [1.165, 1.54) is 0 Å². The molecule has 1 aliphatic rings. The van der Waals surface area contributed by atoms with Crippen LogP contribution >= 0.6 is 0 Å². The van der Waals surface area contributed by atoms with Crippen LogP contribution in [0.15, 0.2) is 48.9 Å². The molecule has 1 aliphatic heterocycles. The van der Waals surface area contributed by atoms with Crippen LogP contribution in [0.5, 0.6) is 0 Å². The van der Waals surface area contributed by atoms with Gasteiger partial charge in [0.25, 0.3) is 0 Å². The molecule has 8 heteroatoms. The van der Waals surface area contributed by atoms with Gasteiger partial charge in [0.15, 0.2) is 0 Å². The maximum absolute atomic E-state index is 12.0. The number of nitrogens with one attached hydrogen (secondary N) is 2. The highest BCUT2D eigenvalue weighted by Crippen LogP contribution is 2.26. The fourth-order valence-corrected chi connectivity index (χ4v) is 3.36. The summed E-state index contributed by atoms with van der Waals surface area (Å²) in [5, 5.41) is 7.06. The second kappa shape index (κ2) is 8.64. The molecule has 29 heavy (non-hydrogen) atoms. The van der Waals surface area contributed by atoms with Crippen LogP contribution in [-0.2, 0) is 9.59 Å². The molecule has 0 unspecified atom stereocenters. The molecule has 8 nitrogen and oxygen atoms in total. The Balaban J connectivity index is 1.41. The zero-order valence-corrected chi connectivity index (χ0v) is 16.0. The highest BCUT2D eigenvalue weighted by molar-refractivity contribution is 5.92. The van der Waals surface area contributed by atoms with E-state index in [2.05, 4.69) is 20.6 Å². The Morgan fingerprint density at radius 2 is 2.00 bits per heavy atom. The van der Waals surface area contributed by atoms with Crippen LogP contribution in [0.3, 0.4) is 0 Å². The highest BCUT2D eigenvalue weighted by Gasteiger charge is 2.21. The Morgan fingerprint density at radius 1 is 1.14 bits per heavy atom. The number of anilines is 1. The summed E-state index contributed by atoms with van der Waals surface area (Å²) in [6.07, 6.45) is 6.58. The van der Waals surface area contributed by atoms with Crippen molar-refractivity contribution in [3.8, 4) is 11.3 Å². The summed E-state index contributed by atoms with van der Waals surface area (Å²) in [6.45, 7) is 1.73. The quantitative estimate of drug-likeness (QED) is 0.597. The first-order chi connectivity index (χ1) is 14.2. The Bertz CT molecular complexity index is 1020. The average molecular weight is 390 g/mol. The maximum Gasteiger partial charge on any atom is 0.239 e. The Labute approximate surface area is 168 Å². The fourth-order valence-electron chi connectivity index (χ4n) is 3.36. The van der Waals surface area contributed by atoms with Gasteiger partial charge < -0.3 is 15.5 Å². The van der Waals surface area contributed by atoms with E-state index in [0.717, 1.165) is 28.6 Å². The molecule has 2 N–H and O–H groups in total. The third kappa shape index (κ3) is 4.48. The molecule has 0 aromatic carbocycles. The molecule has 4 rings (SSSR count). The third-order valence-electron chi connectivity index (χ3n) is 4.82. The SMILES string of the molecule is O=C(CN1CCCC1=O)NCCNc1nc(-c2ccncc2)cc2ncccc12. The smallest absolute Gasteiger partial charge is 0.239 e. The van der Waals surface area contributed by atoms with E-state index >= 15 is 0 Å². The monoisotopic (exact) mass is 390 g/mol. The number of fused-ring (bicyclic) bond motifs is 1. The van der Waals surface area contributed by atoms with Gasteiger partial charge in [0.05, 0.1) is 17.8 Å². The number of aromatic nitrogens is 3. The van der Waals surface area contributed by atoms with Crippen LogP contribution in [0.25, 0.3) is 22.2 Å². The van der Waals surface area contributed by atoms with Crippen LogP contribution in [0.2, 0.25) is 0 Å². The Kier molecular flexibility index (Phi) is 5.60. The molecule has 0 spiro atoms. The van der Waals surface area contributed by atoms with E-state index in [1.807, 2.05) is 30.3 Å². The number of hydrogen-bond acceptors (Lipinski definition) is 6. The van der Waals surface area contributed by atoms with Gasteiger partial charge in [0.2, 0.25) is 11.8 Å². The Morgan fingerprint density at radius 3 is 2.79 bits per heavy atom. The number of pyridine rings is 3. The lowest BCUT2D eigenvalue weighted by molar-refractivity contribution is -0.133. The largest absolute Gasteiger partial charge is 0.368 e. The van der Waals surface area contributed by atoms with Gasteiger partial charge in [-0.05, 0) is 36.8 Å². The molecule has 2 amide bonds. The van der Waals surface area contributed by atoms with Gasteiger partial charge in [-0.1, -0.05) is 0 Å². The predicted octanol–water partition coefficient (Wildman–Crippen LogP) is 1.84. The van der Waals surface area contributed by atoms with E-state index in [9.17, 15) is 9.59 Å². The molecule has 0 saturated carbocycles. The van der Waals surface area contributed by atoms with Gasteiger partial charge in [-0.25, -0.2) is 4.98 Å². The number of rotatable bonds is 7. The molecule has 0 bridgehead atoms. The van der Waals surface area contributed by atoms with Crippen molar-refractivity contribution in [2.45, 2.75) is 12.8 Å². The van der Waals surface area contributed by atoms with Gasteiger partial charge in [0.1, 0.15) is 5.82 Å². The molecular weight excluding hydrogens is 368 g/mol. The summed E-state index contributed by atoms with van der Waals surface area (Å²) in [5.74, 6) is 0.618. The number of hydrogen-bond donors (Lipinski definition) is 2. The summed E-state index contributed by atoms with van der Waals surface area (Å²) >= 11 is 0. The summed E-state index contributed by atoms with van der Waals surface area (Å²) in [7, 11) is 0. The molecule has 148 valence electrons. The van der Waals surface area contributed by atoms with Crippen LogP contribution in [0.4, 0.5) is 5.82 Å². The zero-order valence-electron chi connectivity index (χ0n) is 16.0. The number of nitrogens with zero attached hydrogens (tertiary/aromatic N) is 4. The average Bonchev–Trinajstić information content (AvgIpc) is 3.16. The molecule has 1 fully saturated rings. The van der Waals surface area contributed by atoms with Crippen molar-refractivity contribution in [3.63, 3.8) is 0 Å². The van der Waals surface area contributed by atoms with Crippen molar-refractivity contribution < 1.29 is 9.59 Å². The first-order valence-electron chi connectivity index (χ1n) is 9.65. The van der Waals surface area contributed by atoms with E-state index < -0.39 is 0 Å². The van der Waals surface area contributed by atoms with Gasteiger partial charge in [0, 0.05) is 55.6 Å². The van der Waals surface area contributed by atoms with Gasteiger partial charge in [-0.15, -0.1) is 0 Å². The van der Waals surface area contributed by atoms with Gasteiger partial charge in [-0.3, -0.25) is 19.6 Å². The summed E-state index contributed by atoms with van der Waals surface area (Å²) in [5.41, 5.74) is 2.60. The summed E-state index contributed by atoms with van der Waals surface area (Å²) < 4.78 is 0. The van der Waals surface area contributed by atoms with Gasteiger partial charge in [-0.2, -0.15) is 0 Å². The lowest BCUT2D eigenvalue weighted by Gasteiger charge is -2.15. The molecule has 3 aromatic heterocycles. The van der Waals surface area contributed by atoms with Crippen LogP contribution in [-0.4, -0.2) is 57.8 Å². The molecule has 4 heterocycles. The number of carbonyl (C=O) groups is 2. The second-order valence-corrected chi connectivity index (χ2v) is 6.86. The number of likely N-dealkylation sites (tertiary alicyclic amines) is 1. The summed E-state index contributed by atoms with van der Waals surface area (Å²) in [6, 6.07) is 9.59. The van der Waals surface area contributed by atoms with Crippen molar-refractivity contribution in [2.24, 2.45) is 0 Å². The van der Waals surface area contributed by atoms with Crippen molar-refractivity contribution in [2.75, 3.05) is 31.5 Å². The maximum atomic E-state index is 12.0. The Hall–Kier alpha value is -3.55. The second-order valence-electron chi connectivity index (χ2n) is 6.86. The lowest BCUT2D eigenvalue weighted by atomic mass is 10.1. The summed E-state index contributed by atoms with van der Waals surface area (Å²) in [4.78, 5) is 38.5. The van der Waals surface area contributed by atoms with Crippen LogP contribution in [0.1, 0.15) is 12.8 Å². The molecule has 0 atom stereocenters. The van der Waals surface area contributed by atoms with Gasteiger partial charge >= 0.3 is 0 Å². The normalized spacial score (nSPS) is 13.7. The van der Waals surface area contributed by atoms with Crippen LogP contribution in [0, 0.1) is 0 Å². The molecule has 0 aliphatic carbocycles. The number of amides is 2. The topological polar surface area (TPSA) is 100 Å². The van der Waals surface area contributed by atoms with Crippen LogP contribution < -0.4 is 10.6 Å². The van der Waals surface area contributed by atoms with E-state index in [1.54, 1.807) is 23.5 Å². The van der Waals surface area contributed by atoms with Crippen molar-refractivity contribution in [3.05, 3.63) is 48.9 Å². The van der Waals surface area contributed by atoms with Crippen molar-refractivity contribution in [1.29, 1.82) is 0 Å².